The Balaban J connectivity index is 1.92. The summed E-state index contributed by atoms with van der Waals surface area (Å²) in [5.74, 6) is 0.595. The van der Waals surface area contributed by atoms with E-state index in [4.69, 9.17) is 0 Å². The van der Waals surface area contributed by atoms with Gasteiger partial charge in [-0.25, -0.2) is 0 Å². The molecule has 2 heterocycles. The van der Waals surface area contributed by atoms with E-state index in [0.29, 0.717) is 11.6 Å². The van der Waals surface area contributed by atoms with Gasteiger partial charge in [0.05, 0.1) is 11.0 Å². The fraction of sp³-hybridized carbons (Fsp3) is 0.316. The minimum absolute atomic E-state index is 0.0568. The molecule has 2 aliphatic rings. The number of hydrogen-bond acceptors (Lipinski definition) is 4. The Kier molecular flexibility index (Phi) is 3.37. The fourth-order valence-electron chi connectivity index (χ4n) is 4.12. The molecule has 0 saturated heterocycles. The summed E-state index contributed by atoms with van der Waals surface area (Å²) in [6.45, 7) is 4.01. The van der Waals surface area contributed by atoms with Crippen LogP contribution >= 0.6 is 0 Å². The van der Waals surface area contributed by atoms with Gasteiger partial charge in [0.2, 0.25) is 0 Å². The van der Waals surface area contributed by atoms with Crippen LogP contribution in [0.15, 0.2) is 42.7 Å². The first-order chi connectivity index (χ1) is 11.6. The molecule has 0 fully saturated rings. The molecule has 0 unspecified atom stereocenters. The molecule has 5 heteroatoms. The van der Waals surface area contributed by atoms with Crippen LogP contribution in [-0.2, 0) is 0 Å². The summed E-state index contributed by atoms with van der Waals surface area (Å²) >= 11 is 0. The van der Waals surface area contributed by atoms with Crippen LogP contribution in [0.1, 0.15) is 40.6 Å². The molecule has 0 radical (unpaired) electrons. The molecule has 1 aromatic heterocycles. The zero-order valence-corrected chi connectivity index (χ0v) is 13.7. The number of aromatic nitrogens is 1. The molecule has 24 heavy (non-hydrogen) atoms. The molecule has 0 bridgehead atoms. The van der Waals surface area contributed by atoms with Crippen molar-refractivity contribution in [1.82, 2.24) is 4.98 Å². The Morgan fingerprint density at radius 2 is 2.04 bits per heavy atom. The number of anilines is 1. The maximum Gasteiger partial charge on any atom is 0.292 e. The van der Waals surface area contributed by atoms with Crippen molar-refractivity contribution in [1.29, 1.82) is 0 Å². The predicted octanol–water partition coefficient (Wildman–Crippen LogP) is 4.43. The standard InChI is InChI=1S/C19H19N3O2/c1-11-10-16(22(23)24)19-17(12(11)2)14-4-3-5-15(14)18(21-19)13-6-8-20-9-7-13/h3-4,6-10,14-15,18,21H,5H2,1-2H3/t14-,15+,18+/m1/s1. The lowest BCUT2D eigenvalue weighted by molar-refractivity contribution is -0.384. The van der Waals surface area contributed by atoms with Crippen molar-refractivity contribution in [2.45, 2.75) is 32.2 Å². The molecule has 2 aromatic rings. The van der Waals surface area contributed by atoms with Crippen molar-refractivity contribution in [3.8, 4) is 0 Å². The van der Waals surface area contributed by atoms with Gasteiger partial charge in [-0.2, -0.15) is 0 Å². The summed E-state index contributed by atoms with van der Waals surface area (Å²) in [5, 5.41) is 15.1. The summed E-state index contributed by atoms with van der Waals surface area (Å²) in [4.78, 5) is 15.4. The number of benzene rings is 1. The van der Waals surface area contributed by atoms with Gasteiger partial charge in [-0.3, -0.25) is 15.1 Å². The summed E-state index contributed by atoms with van der Waals surface area (Å²) in [5.41, 5.74) is 5.19. The third kappa shape index (κ3) is 2.12. The molecule has 0 saturated carbocycles. The summed E-state index contributed by atoms with van der Waals surface area (Å²) in [6.07, 6.45) is 8.95. The molecule has 0 spiro atoms. The largest absolute Gasteiger partial charge is 0.372 e. The van der Waals surface area contributed by atoms with Crippen molar-refractivity contribution >= 4 is 11.4 Å². The normalized spacial score (nSPS) is 24.2. The lowest BCUT2D eigenvalue weighted by atomic mass is 9.75. The smallest absolute Gasteiger partial charge is 0.292 e. The monoisotopic (exact) mass is 321 g/mol. The Morgan fingerprint density at radius 1 is 1.29 bits per heavy atom. The van der Waals surface area contributed by atoms with Gasteiger partial charge < -0.3 is 5.32 Å². The first-order valence-electron chi connectivity index (χ1n) is 8.19. The molecule has 4 rings (SSSR count). The SMILES string of the molecule is Cc1cc([N+](=O)[O-])c2c(c1C)[C@@H]1C=CC[C@@H]1[C@H](c1ccncc1)N2. The number of nitrogens with zero attached hydrogens (tertiary/aromatic N) is 2. The van der Waals surface area contributed by atoms with E-state index >= 15 is 0 Å². The lowest BCUT2D eigenvalue weighted by Gasteiger charge is -2.38. The second-order valence-electron chi connectivity index (χ2n) is 6.64. The summed E-state index contributed by atoms with van der Waals surface area (Å²) < 4.78 is 0. The van der Waals surface area contributed by atoms with Gasteiger partial charge in [-0.1, -0.05) is 12.2 Å². The van der Waals surface area contributed by atoms with Crippen molar-refractivity contribution < 1.29 is 4.92 Å². The zero-order chi connectivity index (χ0) is 16.8. The van der Waals surface area contributed by atoms with Crippen LogP contribution in [0.4, 0.5) is 11.4 Å². The number of rotatable bonds is 2. The molecule has 5 nitrogen and oxygen atoms in total. The van der Waals surface area contributed by atoms with E-state index in [9.17, 15) is 10.1 Å². The highest BCUT2D eigenvalue weighted by Gasteiger charge is 2.41. The van der Waals surface area contributed by atoms with Gasteiger partial charge in [0.1, 0.15) is 5.69 Å². The molecular weight excluding hydrogens is 302 g/mol. The maximum atomic E-state index is 11.6. The van der Waals surface area contributed by atoms with Gasteiger partial charge >= 0.3 is 0 Å². The maximum absolute atomic E-state index is 11.6. The molecule has 1 aliphatic carbocycles. The van der Waals surface area contributed by atoms with Crippen LogP contribution in [0.3, 0.4) is 0 Å². The van der Waals surface area contributed by atoms with Crippen LogP contribution in [0, 0.1) is 29.9 Å². The summed E-state index contributed by atoms with van der Waals surface area (Å²) in [7, 11) is 0. The van der Waals surface area contributed by atoms with Gasteiger partial charge in [0, 0.05) is 24.4 Å². The molecule has 122 valence electrons. The molecular formula is C19H19N3O2. The molecule has 1 aliphatic heterocycles. The highest BCUT2D eigenvalue weighted by Crippen LogP contribution is 2.53. The topological polar surface area (TPSA) is 68.1 Å². The summed E-state index contributed by atoms with van der Waals surface area (Å²) in [6, 6.07) is 5.72. The average Bonchev–Trinajstić information content (AvgIpc) is 3.07. The van der Waals surface area contributed by atoms with E-state index < -0.39 is 0 Å². The fourth-order valence-corrected chi connectivity index (χ4v) is 4.12. The van der Waals surface area contributed by atoms with Crippen molar-refractivity contribution in [2.75, 3.05) is 5.32 Å². The van der Waals surface area contributed by atoms with E-state index in [1.807, 2.05) is 19.1 Å². The number of nitrogens with one attached hydrogen (secondary N) is 1. The first-order valence-corrected chi connectivity index (χ1v) is 8.19. The molecule has 1 N–H and O–H groups in total. The number of pyridine rings is 1. The highest BCUT2D eigenvalue weighted by atomic mass is 16.6. The van der Waals surface area contributed by atoms with E-state index in [0.717, 1.165) is 28.7 Å². The van der Waals surface area contributed by atoms with E-state index in [1.165, 1.54) is 0 Å². The van der Waals surface area contributed by atoms with Crippen LogP contribution in [0.2, 0.25) is 0 Å². The number of nitro benzene ring substituents is 1. The minimum Gasteiger partial charge on any atom is -0.372 e. The van der Waals surface area contributed by atoms with Gasteiger partial charge in [0.25, 0.3) is 5.69 Å². The second kappa shape index (κ2) is 5.44. The molecule has 3 atom stereocenters. The Labute approximate surface area is 140 Å². The van der Waals surface area contributed by atoms with Crippen molar-refractivity contribution in [3.05, 3.63) is 75.1 Å². The van der Waals surface area contributed by atoms with Gasteiger partial charge in [0.15, 0.2) is 0 Å². The van der Waals surface area contributed by atoms with E-state index in [-0.39, 0.29) is 22.6 Å². The number of allylic oxidation sites excluding steroid dienone is 2. The van der Waals surface area contributed by atoms with Crippen molar-refractivity contribution in [3.63, 3.8) is 0 Å². The Hall–Kier alpha value is -2.69. The zero-order valence-electron chi connectivity index (χ0n) is 13.7. The quantitative estimate of drug-likeness (QED) is 0.504. The van der Waals surface area contributed by atoms with Crippen molar-refractivity contribution in [2.24, 2.45) is 5.92 Å². The number of aryl methyl sites for hydroxylation is 1. The van der Waals surface area contributed by atoms with Gasteiger partial charge in [-0.15, -0.1) is 0 Å². The van der Waals surface area contributed by atoms with Gasteiger partial charge in [-0.05, 0) is 60.6 Å². The first kappa shape index (κ1) is 14.9. The van der Waals surface area contributed by atoms with Crippen LogP contribution in [-0.4, -0.2) is 9.91 Å². The van der Waals surface area contributed by atoms with Crippen LogP contribution in [0.25, 0.3) is 0 Å². The van der Waals surface area contributed by atoms with E-state index in [1.54, 1.807) is 18.5 Å². The lowest BCUT2D eigenvalue weighted by Crippen LogP contribution is -2.30. The second-order valence-corrected chi connectivity index (χ2v) is 6.64. The number of hydrogen-bond donors (Lipinski definition) is 1. The van der Waals surface area contributed by atoms with Crippen LogP contribution < -0.4 is 5.32 Å². The third-order valence-corrected chi connectivity index (χ3v) is 5.41. The predicted molar refractivity (Wildman–Crippen MR) is 93.2 cm³/mol. The average molecular weight is 321 g/mol. The Morgan fingerprint density at radius 3 is 2.75 bits per heavy atom. The number of nitro groups is 1. The third-order valence-electron chi connectivity index (χ3n) is 5.41. The van der Waals surface area contributed by atoms with E-state index in [2.05, 4.69) is 29.4 Å². The highest BCUT2D eigenvalue weighted by molar-refractivity contribution is 5.74. The minimum atomic E-state index is -0.277. The molecule has 0 amide bonds. The molecule has 1 aromatic carbocycles. The Bertz CT molecular complexity index is 845. The number of fused-ring (bicyclic) bond motifs is 3. The van der Waals surface area contributed by atoms with Crippen LogP contribution in [0.5, 0.6) is 0 Å².